The van der Waals surface area contributed by atoms with Crippen LogP contribution in [-0.4, -0.2) is 104 Å². The molecule has 3 aliphatic rings. The largest absolute Gasteiger partial charge is 0.449 e. The van der Waals surface area contributed by atoms with E-state index in [1.54, 1.807) is 11.8 Å². The van der Waals surface area contributed by atoms with Gasteiger partial charge in [0, 0.05) is 12.3 Å². The first kappa shape index (κ1) is 45.9. The Kier molecular flexibility index (Phi) is 14.2. The minimum Gasteiger partial charge on any atom is -0.449 e. The van der Waals surface area contributed by atoms with Crippen LogP contribution in [0.25, 0.3) is 33.6 Å². The summed E-state index contributed by atoms with van der Waals surface area (Å²) in [5, 5.41) is 6.33. The van der Waals surface area contributed by atoms with Gasteiger partial charge >= 0.3 is 6.09 Å². The van der Waals surface area contributed by atoms with Crippen molar-refractivity contribution in [2.24, 2.45) is 11.8 Å². The fourth-order valence-electron chi connectivity index (χ4n) is 9.75. The van der Waals surface area contributed by atoms with E-state index >= 15 is 0 Å². The van der Waals surface area contributed by atoms with Gasteiger partial charge in [0.2, 0.25) is 5.91 Å². The van der Waals surface area contributed by atoms with Crippen LogP contribution in [0.5, 0.6) is 0 Å². The van der Waals surface area contributed by atoms with E-state index in [0.717, 1.165) is 89.6 Å². The van der Waals surface area contributed by atoms with Gasteiger partial charge < -0.3 is 35.1 Å². The highest BCUT2D eigenvalue weighted by molar-refractivity contribution is 8.00. The van der Waals surface area contributed by atoms with Crippen molar-refractivity contribution >= 4 is 29.7 Å². The molecule has 3 amide bonds. The fraction of sp³-hybridized carbons (Fsp3) is 0.377. The molecule has 5 heterocycles. The number of benzene rings is 4. The maximum Gasteiger partial charge on any atom is 0.408 e. The molecule has 0 radical (unpaired) electrons. The zero-order valence-corrected chi connectivity index (χ0v) is 39.5. The highest BCUT2D eigenvalue weighted by Gasteiger charge is 2.46. The predicted molar refractivity (Wildman–Crippen MR) is 264 cm³/mol. The van der Waals surface area contributed by atoms with Gasteiger partial charge in [0.1, 0.15) is 29.8 Å². The smallest absolute Gasteiger partial charge is 0.408 e. The molecule has 4 N–H and O–H groups in total. The van der Waals surface area contributed by atoms with E-state index in [9.17, 15) is 14.4 Å². The Morgan fingerprint density at radius 1 is 0.731 bits per heavy atom. The summed E-state index contributed by atoms with van der Waals surface area (Å²) in [6.07, 6.45) is 6.84. The second-order valence-corrected chi connectivity index (χ2v) is 19.7. The molecule has 6 aromatic rings. The van der Waals surface area contributed by atoms with Crippen molar-refractivity contribution in [2.75, 3.05) is 46.1 Å². The summed E-state index contributed by atoms with van der Waals surface area (Å²) in [4.78, 5) is 64.9. The van der Waals surface area contributed by atoms with E-state index in [4.69, 9.17) is 14.7 Å². The molecule has 0 saturated carbocycles. The van der Waals surface area contributed by atoms with Crippen LogP contribution in [0.3, 0.4) is 0 Å². The Labute approximate surface area is 397 Å². The van der Waals surface area contributed by atoms with Gasteiger partial charge in [-0.15, -0.1) is 11.8 Å². The number of aromatic nitrogens is 4. The van der Waals surface area contributed by atoms with Crippen LogP contribution in [0.4, 0.5) is 4.79 Å². The minimum atomic E-state index is -0.916. The number of imidazole rings is 2. The maximum atomic E-state index is 14.9. The molecule has 2 aromatic heterocycles. The third-order valence-corrected chi connectivity index (χ3v) is 14.7. The van der Waals surface area contributed by atoms with E-state index in [1.807, 2.05) is 116 Å². The van der Waals surface area contributed by atoms with Crippen molar-refractivity contribution in [3.8, 4) is 33.6 Å². The van der Waals surface area contributed by atoms with Gasteiger partial charge in [-0.3, -0.25) is 14.5 Å². The number of likely N-dealkylation sites (tertiary alicyclic amines) is 1. The number of piperidine rings is 1. The molecular formula is C53H61N9O4S. The summed E-state index contributed by atoms with van der Waals surface area (Å²) in [7, 11) is 3.91. The lowest BCUT2D eigenvalue weighted by molar-refractivity contribution is -0.138. The summed E-state index contributed by atoms with van der Waals surface area (Å²) < 4.78 is 5.51. The van der Waals surface area contributed by atoms with E-state index in [2.05, 4.69) is 69.1 Å². The number of rotatable bonds is 14. The van der Waals surface area contributed by atoms with Crippen molar-refractivity contribution < 1.29 is 19.1 Å². The Morgan fingerprint density at radius 3 is 1.85 bits per heavy atom. The van der Waals surface area contributed by atoms with Gasteiger partial charge in [0.25, 0.3) is 5.91 Å². The number of H-pyrrole nitrogens is 2. The fourth-order valence-corrected chi connectivity index (χ4v) is 11.4. The second-order valence-electron chi connectivity index (χ2n) is 18.5. The topological polar surface area (TPSA) is 152 Å². The molecule has 348 valence electrons. The molecule has 0 spiro atoms. The molecule has 5 atom stereocenters. The highest BCUT2D eigenvalue weighted by Crippen LogP contribution is 2.45. The summed E-state index contributed by atoms with van der Waals surface area (Å²) in [6.45, 7) is 6.74. The van der Waals surface area contributed by atoms with Crippen LogP contribution in [0, 0.1) is 11.8 Å². The summed E-state index contributed by atoms with van der Waals surface area (Å²) in [5.74, 6) is 2.62. The Bertz CT molecular complexity index is 2590. The molecule has 14 heteroatoms. The second kappa shape index (κ2) is 20.7. The van der Waals surface area contributed by atoms with Crippen LogP contribution >= 0.6 is 11.8 Å². The van der Waals surface area contributed by atoms with Gasteiger partial charge in [-0.1, -0.05) is 123 Å². The van der Waals surface area contributed by atoms with Gasteiger partial charge in [0.05, 0.1) is 41.8 Å². The van der Waals surface area contributed by atoms with Crippen LogP contribution in [0.15, 0.2) is 122 Å². The molecule has 9 rings (SSSR count). The number of aromatic amines is 2. The number of ether oxygens (including phenoxy) is 1. The first-order valence-corrected chi connectivity index (χ1v) is 24.6. The number of hydrogen-bond donors (Lipinski definition) is 4. The molecule has 3 aliphatic heterocycles. The van der Waals surface area contributed by atoms with E-state index in [1.165, 1.54) is 0 Å². The molecule has 0 bridgehead atoms. The average molecular weight is 920 g/mol. The van der Waals surface area contributed by atoms with Crippen molar-refractivity contribution in [3.05, 3.63) is 144 Å². The zero-order valence-electron chi connectivity index (χ0n) is 38.7. The van der Waals surface area contributed by atoms with Gasteiger partial charge in [0.15, 0.2) is 0 Å². The number of alkyl carbamates (subject to hydrolysis) is 1. The maximum absolute atomic E-state index is 14.9. The lowest BCUT2D eigenvalue weighted by Crippen LogP contribution is -2.49. The van der Waals surface area contributed by atoms with Crippen molar-refractivity contribution in [1.82, 2.24) is 45.3 Å². The van der Waals surface area contributed by atoms with Crippen molar-refractivity contribution in [1.29, 1.82) is 0 Å². The molecule has 3 saturated heterocycles. The number of carbonyl (C=O) groups excluding carboxylic acids is 3. The summed E-state index contributed by atoms with van der Waals surface area (Å²) >= 11 is 1.80. The normalized spacial score (nSPS) is 19.8. The van der Waals surface area contributed by atoms with Crippen LogP contribution < -0.4 is 10.6 Å². The quantitative estimate of drug-likeness (QED) is 0.0839. The summed E-state index contributed by atoms with van der Waals surface area (Å²) in [6, 6.07) is 34.6. The number of nitrogens with zero attached hydrogens (tertiary/aromatic N) is 5. The monoisotopic (exact) mass is 919 g/mol. The number of carbonyl (C=O) groups is 3. The number of likely N-dealkylation sites (N-methyl/N-ethyl adjacent to an activating group) is 1. The molecule has 3 fully saturated rings. The molecule has 13 nitrogen and oxygen atoms in total. The van der Waals surface area contributed by atoms with Crippen LogP contribution in [0.1, 0.15) is 86.5 Å². The van der Waals surface area contributed by atoms with Gasteiger partial charge in [-0.05, 0) is 98.1 Å². The zero-order chi connectivity index (χ0) is 46.4. The van der Waals surface area contributed by atoms with E-state index in [0.29, 0.717) is 23.8 Å². The Morgan fingerprint density at radius 2 is 1.28 bits per heavy atom. The van der Waals surface area contributed by atoms with Gasteiger partial charge in [-0.2, -0.15) is 0 Å². The Hall–Kier alpha value is -6.22. The highest BCUT2D eigenvalue weighted by atomic mass is 32.2. The number of thioether (sulfide) groups is 1. The average Bonchev–Trinajstić information content (AvgIpc) is 4.21. The Balaban J connectivity index is 0.894. The number of hydrogen-bond acceptors (Lipinski definition) is 9. The molecule has 5 unspecified atom stereocenters. The van der Waals surface area contributed by atoms with E-state index in [-0.39, 0.29) is 47.8 Å². The van der Waals surface area contributed by atoms with Crippen molar-refractivity contribution in [3.63, 3.8) is 0 Å². The number of nitrogens with one attached hydrogen (secondary N) is 4. The molecular weight excluding hydrogens is 859 g/mol. The molecule has 67 heavy (non-hydrogen) atoms. The predicted octanol–water partition coefficient (Wildman–Crippen LogP) is 9.17. The lowest BCUT2D eigenvalue weighted by atomic mass is 9.95. The third-order valence-electron chi connectivity index (χ3n) is 13.2. The van der Waals surface area contributed by atoms with Crippen LogP contribution in [0.2, 0.25) is 0 Å². The standard InChI is InChI=1S/C53H61N9O4S/c1-34(2)32-66-53(65)59-46(39-12-7-5-8-13-39)50(63)62-45(33-67-52(62)41-25-27-54-28-26-41)49-56-31-43(58-49)38-23-19-36(20-24-38)35-17-21-37(22-18-35)42-30-55-48(57-42)44-16-11-29-61(44)51(64)47(60(3)4)40-14-9-6-10-15-40/h5-10,12-15,17-24,30-31,34,41,44-47,52,54H,11,16,25-29,32-33H2,1-4H3,(H,55,57)(H,56,58)(H,59,65). The SMILES string of the molecule is CC(C)COC(=O)NC(C(=O)N1C(c2ncc(-c3ccc(-c4ccc(-c5cnc(C6CCCN6C(=O)C(c6ccccc6)N(C)C)[nH]5)cc4)cc3)[nH]2)CSC1C1CCNCC1)c1ccccc1. The first-order chi connectivity index (χ1) is 32.6. The molecule has 0 aliphatic carbocycles. The minimum absolute atomic E-state index is 0.0662. The third kappa shape index (κ3) is 10.2. The van der Waals surface area contributed by atoms with Crippen molar-refractivity contribution in [2.45, 2.75) is 69.1 Å². The van der Waals surface area contributed by atoms with E-state index < -0.39 is 12.1 Å². The number of amides is 3. The summed E-state index contributed by atoms with van der Waals surface area (Å²) in [5.41, 5.74) is 7.64. The van der Waals surface area contributed by atoms with Crippen LogP contribution in [-0.2, 0) is 14.3 Å². The molecule has 4 aromatic carbocycles. The first-order valence-electron chi connectivity index (χ1n) is 23.6. The van der Waals surface area contributed by atoms with Gasteiger partial charge in [-0.25, -0.2) is 14.8 Å². The lowest BCUT2D eigenvalue weighted by Gasteiger charge is -2.37.